The number of aromatic amines is 1. The molecule has 0 spiro atoms. The maximum absolute atomic E-state index is 5.82. The average Bonchev–Trinajstić information content (AvgIpc) is 2.88. The lowest BCUT2D eigenvalue weighted by Gasteiger charge is -2.18. The average molecular weight is 214 g/mol. The van der Waals surface area contributed by atoms with Crippen LogP contribution >= 0.6 is 0 Å². The number of rotatable bonds is 2. The molecule has 2 aromatic rings. The molecule has 1 aliphatic heterocycles. The Balaban J connectivity index is 1.86. The molecule has 3 rings (SSSR count). The van der Waals surface area contributed by atoms with Crippen molar-refractivity contribution in [1.82, 2.24) is 10.2 Å². The van der Waals surface area contributed by atoms with Gasteiger partial charge in [-0.1, -0.05) is 18.2 Å². The minimum Gasteiger partial charge on any atom is -0.396 e. The van der Waals surface area contributed by atoms with Gasteiger partial charge in [-0.3, -0.25) is 5.10 Å². The van der Waals surface area contributed by atoms with Crippen molar-refractivity contribution in [3.63, 3.8) is 0 Å². The van der Waals surface area contributed by atoms with Crippen LogP contribution in [0.15, 0.2) is 30.5 Å². The SMILES string of the molecule is Nc1cn[nH]c1CN1CCc2ccccc21. The number of benzene rings is 1. The maximum atomic E-state index is 5.82. The molecule has 4 heteroatoms. The van der Waals surface area contributed by atoms with Crippen LogP contribution in [-0.2, 0) is 13.0 Å². The number of aromatic nitrogens is 2. The molecule has 1 aromatic heterocycles. The van der Waals surface area contributed by atoms with Gasteiger partial charge in [-0.2, -0.15) is 5.10 Å². The number of anilines is 2. The number of fused-ring (bicyclic) bond motifs is 1. The van der Waals surface area contributed by atoms with Crippen molar-refractivity contribution in [1.29, 1.82) is 0 Å². The molecule has 0 saturated carbocycles. The minimum absolute atomic E-state index is 0.740. The molecule has 16 heavy (non-hydrogen) atoms. The second-order valence-corrected chi connectivity index (χ2v) is 4.10. The fraction of sp³-hybridized carbons (Fsp3) is 0.250. The van der Waals surface area contributed by atoms with Crippen LogP contribution in [0.25, 0.3) is 0 Å². The highest BCUT2D eigenvalue weighted by molar-refractivity contribution is 5.58. The Morgan fingerprint density at radius 2 is 2.25 bits per heavy atom. The van der Waals surface area contributed by atoms with E-state index in [0.717, 1.165) is 30.9 Å². The molecule has 0 fully saturated rings. The summed E-state index contributed by atoms with van der Waals surface area (Å²) in [4.78, 5) is 2.33. The van der Waals surface area contributed by atoms with Crippen LogP contribution < -0.4 is 10.6 Å². The Kier molecular flexibility index (Phi) is 2.06. The Hall–Kier alpha value is -1.97. The number of hydrogen-bond acceptors (Lipinski definition) is 3. The van der Waals surface area contributed by atoms with Gasteiger partial charge in [0.2, 0.25) is 0 Å². The molecule has 0 radical (unpaired) electrons. The van der Waals surface area contributed by atoms with Crippen molar-refractivity contribution < 1.29 is 0 Å². The Morgan fingerprint density at radius 3 is 3.06 bits per heavy atom. The summed E-state index contributed by atoms with van der Waals surface area (Å²) in [7, 11) is 0. The van der Waals surface area contributed by atoms with Crippen LogP contribution in [0.3, 0.4) is 0 Å². The van der Waals surface area contributed by atoms with Gasteiger partial charge in [0.05, 0.1) is 24.1 Å². The molecule has 4 nitrogen and oxygen atoms in total. The fourth-order valence-electron chi connectivity index (χ4n) is 2.21. The van der Waals surface area contributed by atoms with Crippen molar-refractivity contribution in [2.24, 2.45) is 0 Å². The molecule has 0 atom stereocenters. The molecule has 2 heterocycles. The molecular weight excluding hydrogens is 200 g/mol. The third kappa shape index (κ3) is 1.43. The maximum Gasteiger partial charge on any atom is 0.0774 e. The molecule has 1 aromatic carbocycles. The van der Waals surface area contributed by atoms with Gasteiger partial charge in [0.25, 0.3) is 0 Å². The van der Waals surface area contributed by atoms with Gasteiger partial charge in [-0.05, 0) is 18.1 Å². The van der Waals surface area contributed by atoms with Crippen LogP contribution in [0.1, 0.15) is 11.3 Å². The predicted octanol–water partition coefficient (Wildman–Crippen LogP) is 1.55. The van der Waals surface area contributed by atoms with E-state index in [0.29, 0.717) is 0 Å². The third-order valence-electron chi connectivity index (χ3n) is 3.08. The van der Waals surface area contributed by atoms with Crippen molar-refractivity contribution >= 4 is 11.4 Å². The van der Waals surface area contributed by atoms with Crippen LogP contribution in [0, 0.1) is 0 Å². The van der Waals surface area contributed by atoms with Crippen molar-refractivity contribution in [3.05, 3.63) is 41.7 Å². The van der Waals surface area contributed by atoms with Gasteiger partial charge in [0, 0.05) is 12.2 Å². The zero-order chi connectivity index (χ0) is 11.0. The van der Waals surface area contributed by atoms with E-state index in [-0.39, 0.29) is 0 Å². The standard InChI is InChI=1S/C12H14N4/c13-10-7-14-15-11(10)8-16-6-5-9-3-1-2-4-12(9)16/h1-4,7H,5-6,8,13H2,(H,14,15). The van der Waals surface area contributed by atoms with Gasteiger partial charge >= 0.3 is 0 Å². The summed E-state index contributed by atoms with van der Waals surface area (Å²) in [6.45, 7) is 1.86. The zero-order valence-electron chi connectivity index (χ0n) is 8.98. The lowest BCUT2D eigenvalue weighted by molar-refractivity contribution is 0.809. The highest BCUT2D eigenvalue weighted by Crippen LogP contribution is 2.29. The van der Waals surface area contributed by atoms with E-state index in [1.807, 2.05) is 0 Å². The van der Waals surface area contributed by atoms with Crippen molar-refractivity contribution in [2.45, 2.75) is 13.0 Å². The number of nitrogens with two attached hydrogens (primary N) is 1. The summed E-state index contributed by atoms with van der Waals surface area (Å²) in [5, 5.41) is 6.89. The molecule has 0 saturated heterocycles. The monoisotopic (exact) mass is 214 g/mol. The molecule has 82 valence electrons. The van der Waals surface area contributed by atoms with Crippen LogP contribution in [0.5, 0.6) is 0 Å². The Bertz CT molecular complexity index is 503. The van der Waals surface area contributed by atoms with E-state index in [2.05, 4.69) is 39.4 Å². The second kappa shape index (κ2) is 3.56. The number of H-pyrrole nitrogens is 1. The molecule has 1 aliphatic rings. The molecule has 0 bridgehead atoms. The van der Waals surface area contributed by atoms with Gasteiger partial charge < -0.3 is 10.6 Å². The van der Waals surface area contributed by atoms with E-state index in [1.165, 1.54) is 11.3 Å². The van der Waals surface area contributed by atoms with E-state index in [1.54, 1.807) is 6.20 Å². The normalized spacial score (nSPS) is 14.1. The summed E-state index contributed by atoms with van der Waals surface area (Å²) in [6, 6.07) is 8.51. The highest BCUT2D eigenvalue weighted by atomic mass is 15.2. The lowest BCUT2D eigenvalue weighted by atomic mass is 10.2. The Morgan fingerprint density at radius 1 is 1.38 bits per heavy atom. The van der Waals surface area contributed by atoms with Gasteiger partial charge in [0.1, 0.15) is 0 Å². The first-order valence-corrected chi connectivity index (χ1v) is 5.45. The zero-order valence-corrected chi connectivity index (χ0v) is 8.98. The minimum atomic E-state index is 0.740. The Labute approximate surface area is 94.1 Å². The molecule has 0 unspecified atom stereocenters. The van der Waals surface area contributed by atoms with Gasteiger partial charge in [-0.25, -0.2) is 0 Å². The first-order valence-electron chi connectivity index (χ1n) is 5.45. The predicted molar refractivity (Wildman–Crippen MR) is 64.2 cm³/mol. The second-order valence-electron chi connectivity index (χ2n) is 4.10. The summed E-state index contributed by atoms with van der Waals surface area (Å²) in [6.07, 6.45) is 2.78. The highest BCUT2D eigenvalue weighted by Gasteiger charge is 2.19. The number of nitrogen functional groups attached to an aromatic ring is 1. The number of hydrogen-bond donors (Lipinski definition) is 2. The van der Waals surface area contributed by atoms with E-state index in [4.69, 9.17) is 5.73 Å². The van der Waals surface area contributed by atoms with Crippen LogP contribution in [-0.4, -0.2) is 16.7 Å². The van der Waals surface area contributed by atoms with E-state index in [9.17, 15) is 0 Å². The van der Waals surface area contributed by atoms with Crippen molar-refractivity contribution in [2.75, 3.05) is 17.2 Å². The topological polar surface area (TPSA) is 57.9 Å². The summed E-state index contributed by atoms with van der Waals surface area (Å²) >= 11 is 0. The number of para-hydroxylation sites is 1. The summed E-state index contributed by atoms with van der Waals surface area (Å²) in [5.41, 5.74) is 10.3. The first kappa shape index (κ1) is 9.27. The van der Waals surface area contributed by atoms with E-state index < -0.39 is 0 Å². The summed E-state index contributed by atoms with van der Waals surface area (Å²) in [5.74, 6) is 0. The molecule has 0 aliphatic carbocycles. The molecule has 0 amide bonds. The quantitative estimate of drug-likeness (QED) is 0.797. The number of nitrogens with one attached hydrogen (secondary N) is 1. The molecule has 3 N–H and O–H groups in total. The number of nitrogens with zero attached hydrogens (tertiary/aromatic N) is 2. The summed E-state index contributed by atoms with van der Waals surface area (Å²) < 4.78 is 0. The largest absolute Gasteiger partial charge is 0.396 e. The van der Waals surface area contributed by atoms with Crippen LogP contribution in [0.2, 0.25) is 0 Å². The van der Waals surface area contributed by atoms with Gasteiger partial charge in [-0.15, -0.1) is 0 Å². The first-order chi connectivity index (χ1) is 7.84. The fourth-order valence-corrected chi connectivity index (χ4v) is 2.21. The lowest BCUT2D eigenvalue weighted by Crippen LogP contribution is -2.20. The van der Waals surface area contributed by atoms with Gasteiger partial charge in [0.15, 0.2) is 0 Å². The smallest absolute Gasteiger partial charge is 0.0774 e. The van der Waals surface area contributed by atoms with Crippen LogP contribution in [0.4, 0.5) is 11.4 Å². The third-order valence-corrected chi connectivity index (χ3v) is 3.08. The van der Waals surface area contributed by atoms with E-state index >= 15 is 0 Å². The molecular formula is C12H14N4. The van der Waals surface area contributed by atoms with Crippen molar-refractivity contribution in [3.8, 4) is 0 Å².